The third-order valence-corrected chi connectivity index (χ3v) is 14.7. The SMILES string of the molecule is COC(=O)N1CC23COCC2(C1)CN(C(=O)C1(Cn2c(-c4ccc(OC)cc4)c(C4CCCCC4)c4ccc(C(=O)NS(=O)(=O)C(C)C)cc42)CC1)C3. The van der Waals surface area contributed by atoms with E-state index in [9.17, 15) is 22.8 Å². The van der Waals surface area contributed by atoms with Gasteiger partial charge in [-0.1, -0.05) is 25.3 Å². The summed E-state index contributed by atoms with van der Waals surface area (Å²) >= 11 is 0. The van der Waals surface area contributed by atoms with Gasteiger partial charge >= 0.3 is 6.09 Å². The van der Waals surface area contributed by atoms with E-state index in [4.69, 9.17) is 14.2 Å². The van der Waals surface area contributed by atoms with E-state index in [0.29, 0.717) is 51.9 Å². The molecule has 2 aliphatic carbocycles. The van der Waals surface area contributed by atoms with Crippen molar-refractivity contribution in [2.24, 2.45) is 16.2 Å². The van der Waals surface area contributed by atoms with Crippen molar-refractivity contribution in [3.8, 4) is 17.0 Å². The van der Waals surface area contributed by atoms with Gasteiger partial charge in [-0.25, -0.2) is 17.9 Å². The molecule has 3 aliphatic heterocycles. The van der Waals surface area contributed by atoms with Gasteiger partial charge in [0.2, 0.25) is 15.9 Å². The highest BCUT2D eigenvalue weighted by molar-refractivity contribution is 7.90. The molecule has 2 saturated carbocycles. The molecule has 0 bridgehead atoms. The number of carbonyl (C=O) groups is 3. The van der Waals surface area contributed by atoms with Crippen LogP contribution in [0.4, 0.5) is 4.79 Å². The molecule has 2 aromatic carbocycles. The molecule has 0 spiro atoms. The van der Waals surface area contributed by atoms with Crippen LogP contribution in [0.1, 0.15) is 80.6 Å². The Balaban J connectivity index is 1.21. The molecule has 2 atom stereocenters. The summed E-state index contributed by atoms with van der Waals surface area (Å²) in [6, 6.07) is 13.5. The second-order valence-corrected chi connectivity index (χ2v) is 18.7. The molecule has 3 aromatic rings. The first kappa shape index (κ1) is 35.9. The molecule has 4 heterocycles. The topological polar surface area (TPSA) is 136 Å². The number of nitrogens with one attached hydrogen (secondary N) is 1. The average molecular weight is 747 g/mol. The molecule has 5 fully saturated rings. The highest BCUT2D eigenvalue weighted by atomic mass is 32.2. The van der Waals surface area contributed by atoms with E-state index in [2.05, 4.69) is 21.4 Å². The molecule has 2 unspecified atom stereocenters. The summed E-state index contributed by atoms with van der Waals surface area (Å²) in [7, 11) is -0.801. The number of sulfonamides is 1. The molecule has 8 rings (SSSR count). The molecular formula is C40H50N4O8S. The quantitative estimate of drug-likeness (QED) is 0.302. The highest BCUT2D eigenvalue weighted by Crippen LogP contribution is 2.59. The number of hydrogen-bond acceptors (Lipinski definition) is 8. The van der Waals surface area contributed by atoms with Gasteiger partial charge < -0.3 is 28.6 Å². The summed E-state index contributed by atoms with van der Waals surface area (Å²) in [6.07, 6.45) is 6.68. The predicted molar refractivity (Wildman–Crippen MR) is 199 cm³/mol. The van der Waals surface area contributed by atoms with Gasteiger partial charge in [0.25, 0.3) is 5.91 Å². The monoisotopic (exact) mass is 746 g/mol. The molecular weight excluding hydrogens is 697 g/mol. The minimum atomic E-state index is -3.85. The fraction of sp³-hybridized carbons (Fsp3) is 0.575. The Kier molecular flexibility index (Phi) is 8.83. The summed E-state index contributed by atoms with van der Waals surface area (Å²) in [6.45, 7) is 6.57. The maximum absolute atomic E-state index is 14.9. The lowest BCUT2D eigenvalue weighted by Gasteiger charge is -2.30. The molecule has 13 heteroatoms. The van der Waals surface area contributed by atoms with E-state index in [1.54, 1.807) is 18.1 Å². The molecule has 1 N–H and O–H groups in total. The number of benzene rings is 2. The molecule has 5 aliphatic rings. The number of hydrogen-bond donors (Lipinski definition) is 1. The Hall–Kier alpha value is -4.10. The molecule has 3 amide bonds. The minimum absolute atomic E-state index is 0.121. The van der Waals surface area contributed by atoms with Crippen LogP contribution in [-0.4, -0.2) is 99.6 Å². The standard InChI is InChI=1S/C40H50N4O8S/c1-26(2)53(48,49)41-35(45)29-12-15-31-32(18-29)44(34(28-10-13-30(50-3)14-11-28)33(31)27-8-6-5-7-9-27)19-38(16-17-38)36(46)42-20-39-22-43(37(47)51-4)23-40(39,21-42)25-52-24-39/h10-15,18,26-27H,5-9,16-17,19-25H2,1-4H3,(H,41,45). The van der Waals surface area contributed by atoms with Crippen molar-refractivity contribution in [1.82, 2.24) is 19.1 Å². The van der Waals surface area contributed by atoms with E-state index in [1.165, 1.54) is 32.9 Å². The molecule has 53 heavy (non-hydrogen) atoms. The lowest BCUT2D eigenvalue weighted by atomic mass is 9.71. The van der Waals surface area contributed by atoms with Crippen molar-refractivity contribution in [1.29, 1.82) is 0 Å². The first-order valence-electron chi connectivity index (χ1n) is 18.9. The van der Waals surface area contributed by atoms with E-state index in [1.807, 2.05) is 29.2 Å². The van der Waals surface area contributed by atoms with Crippen LogP contribution in [0.25, 0.3) is 22.2 Å². The van der Waals surface area contributed by atoms with E-state index in [0.717, 1.165) is 66.4 Å². The summed E-state index contributed by atoms with van der Waals surface area (Å²) in [4.78, 5) is 44.7. The predicted octanol–water partition coefficient (Wildman–Crippen LogP) is 5.54. The van der Waals surface area contributed by atoms with E-state index in [-0.39, 0.29) is 28.4 Å². The molecule has 3 saturated heterocycles. The third kappa shape index (κ3) is 5.89. The summed E-state index contributed by atoms with van der Waals surface area (Å²) < 4.78 is 46.6. The summed E-state index contributed by atoms with van der Waals surface area (Å²) in [5, 5.41) is 0.260. The Morgan fingerprint density at radius 2 is 1.55 bits per heavy atom. The van der Waals surface area contributed by atoms with Crippen LogP contribution < -0.4 is 9.46 Å². The van der Waals surface area contributed by atoms with Crippen molar-refractivity contribution < 1.29 is 37.0 Å². The molecule has 284 valence electrons. The zero-order valence-electron chi connectivity index (χ0n) is 31.1. The normalized spacial score (nSPS) is 25.1. The number of fused-ring (bicyclic) bond motifs is 1. The number of rotatable bonds is 9. The minimum Gasteiger partial charge on any atom is -0.497 e. The van der Waals surface area contributed by atoms with Crippen LogP contribution >= 0.6 is 0 Å². The maximum atomic E-state index is 14.9. The lowest BCUT2D eigenvalue weighted by Crippen LogP contribution is -2.44. The fourth-order valence-electron chi connectivity index (χ4n) is 9.76. The van der Waals surface area contributed by atoms with E-state index >= 15 is 0 Å². The Morgan fingerprint density at radius 3 is 2.13 bits per heavy atom. The zero-order valence-corrected chi connectivity index (χ0v) is 31.9. The number of nitrogens with zero attached hydrogens (tertiary/aromatic N) is 3. The van der Waals surface area contributed by atoms with Crippen LogP contribution in [-0.2, 0) is 30.8 Å². The Labute approximate surface area is 311 Å². The van der Waals surface area contributed by atoms with Gasteiger partial charge in [-0.3, -0.25) is 9.59 Å². The van der Waals surface area contributed by atoms with Gasteiger partial charge in [0, 0.05) is 60.0 Å². The van der Waals surface area contributed by atoms with Crippen LogP contribution in [0, 0.1) is 16.2 Å². The van der Waals surface area contributed by atoms with Gasteiger partial charge in [0.1, 0.15) is 5.75 Å². The average Bonchev–Trinajstić information content (AvgIpc) is 3.46. The maximum Gasteiger partial charge on any atom is 0.409 e. The lowest BCUT2D eigenvalue weighted by molar-refractivity contribution is -0.137. The highest BCUT2D eigenvalue weighted by Gasteiger charge is 2.69. The van der Waals surface area contributed by atoms with Crippen molar-refractivity contribution in [3.63, 3.8) is 0 Å². The second kappa shape index (κ2) is 13.0. The Morgan fingerprint density at radius 1 is 0.906 bits per heavy atom. The van der Waals surface area contributed by atoms with Crippen molar-refractivity contribution in [3.05, 3.63) is 53.6 Å². The fourth-order valence-corrected chi connectivity index (χ4v) is 10.4. The number of ether oxygens (including phenoxy) is 3. The molecule has 1 aromatic heterocycles. The summed E-state index contributed by atoms with van der Waals surface area (Å²) in [5.74, 6) is 0.488. The second-order valence-electron chi connectivity index (χ2n) is 16.5. The van der Waals surface area contributed by atoms with Gasteiger partial charge in [0.05, 0.1) is 43.8 Å². The number of aromatic nitrogens is 1. The zero-order chi connectivity index (χ0) is 37.3. The number of methoxy groups -OCH3 is 2. The Bertz CT molecular complexity index is 2050. The van der Waals surface area contributed by atoms with Crippen molar-refractivity contribution >= 4 is 38.8 Å². The largest absolute Gasteiger partial charge is 0.497 e. The van der Waals surface area contributed by atoms with Crippen LogP contribution in [0.2, 0.25) is 0 Å². The van der Waals surface area contributed by atoms with Gasteiger partial charge in [0.15, 0.2) is 0 Å². The van der Waals surface area contributed by atoms with Gasteiger partial charge in [-0.05, 0) is 93.0 Å². The molecule has 12 nitrogen and oxygen atoms in total. The summed E-state index contributed by atoms with van der Waals surface area (Å²) in [5.41, 5.74) is 3.04. The number of carbonyl (C=O) groups excluding carboxylic acids is 3. The van der Waals surface area contributed by atoms with Crippen LogP contribution in [0.15, 0.2) is 42.5 Å². The van der Waals surface area contributed by atoms with Crippen LogP contribution in [0.5, 0.6) is 5.75 Å². The smallest absolute Gasteiger partial charge is 0.409 e. The molecule has 0 radical (unpaired) electrons. The van der Waals surface area contributed by atoms with Gasteiger partial charge in [-0.2, -0.15) is 0 Å². The first-order valence-corrected chi connectivity index (χ1v) is 20.5. The van der Waals surface area contributed by atoms with Crippen molar-refractivity contribution in [2.75, 3.05) is 53.6 Å². The van der Waals surface area contributed by atoms with Gasteiger partial charge in [-0.15, -0.1) is 0 Å². The first-order chi connectivity index (χ1) is 25.3. The third-order valence-electron chi connectivity index (χ3n) is 12.9. The number of amides is 3. The van der Waals surface area contributed by atoms with Crippen LogP contribution in [0.3, 0.4) is 0 Å². The van der Waals surface area contributed by atoms with Crippen molar-refractivity contribution in [2.45, 2.75) is 76.5 Å². The van der Waals surface area contributed by atoms with E-state index < -0.39 is 26.6 Å². The number of likely N-dealkylation sites (tertiary alicyclic amines) is 2.